The molecule has 0 unspecified atom stereocenters. The molecule has 4 heteroatoms. The van der Waals surface area contributed by atoms with Crippen LogP contribution in [0.4, 0.5) is 5.95 Å². The first kappa shape index (κ1) is 6.48. The molecular formula is C5H9N3S. The number of nitrogens with one attached hydrogen (secondary N) is 1. The van der Waals surface area contributed by atoms with E-state index in [-0.39, 0.29) is 0 Å². The van der Waals surface area contributed by atoms with Crippen LogP contribution in [-0.2, 0) is 5.75 Å². The molecule has 3 N–H and O–H groups in total. The van der Waals surface area contributed by atoms with E-state index >= 15 is 0 Å². The third-order valence-electron chi connectivity index (χ3n) is 0.948. The van der Waals surface area contributed by atoms with Gasteiger partial charge in [0.05, 0.1) is 6.20 Å². The topological polar surface area (TPSA) is 54.7 Å². The maximum absolute atomic E-state index is 5.33. The van der Waals surface area contributed by atoms with Crippen molar-refractivity contribution < 1.29 is 0 Å². The molecule has 0 amide bonds. The molecule has 0 aliphatic rings. The minimum Gasteiger partial charge on any atom is -0.369 e. The van der Waals surface area contributed by atoms with Gasteiger partial charge in [-0.2, -0.15) is 11.8 Å². The van der Waals surface area contributed by atoms with E-state index in [4.69, 9.17) is 5.73 Å². The molecule has 9 heavy (non-hydrogen) atoms. The number of aromatic amines is 1. The van der Waals surface area contributed by atoms with E-state index in [0.29, 0.717) is 5.95 Å². The number of thioether (sulfide) groups is 1. The van der Waals surface area contributed by atoms with Gasteiger partial charge in [-0.15, -0.1) is 0 Å². The summed E-state index contributed by atoms with van der Waals surface area (Å²) in [5.41, 5.74) is 6.42. The number of hydrogen-bond acceptors (Lipinski definition) is 3. The van der Waals surface area contributed by atoms with Crippen molar-refractivity contribution in [3.63, 3.8) is 0 Å². The third-order valence-corrected chi connectivity index (χ3v) is 1.55. The van der Waals surface area contributed by atoms with Crippen molar-refractivity contribution >= 4 is 17.7 Å². The Morgan fingerprint density at radius 2 is 2.67 bits per heavy atom. The lowest BCUT2D eigenvalue weighted by atomic mass is 10.6. The highest BCUT2D eigenvalue weighted by Gasteiger charge is 1.92. The second kappa shape index (κ2) is 2.77. The molecule has 0 aliphatic heterocycles. The van der Waals surface area contributed by atoms with Crippen LogP contribution >= 0.6 is 11.8 Å². The molecular weight excluding hydrogens is 134 g/mol. The molecule has 0 aromatic carbocycles. The Hall–Kier alpha value is -0.640. The molecule has 3 nitrogen and oxygen atoms in total. The van der Waals surface area contributed by atoms with Crippen molar-refractivity contribution in [1.82, 2.24) is 9.97 Å². The fourth-order valence-electron chi connectivity index (χ4n) is 0.605. The number of nitrogens with zero attached hydrogens (tertiary/aromatic N) is 1. The lowest BCUT2D eigenvalue weighted by Gasteiger charge is -1.87. The van der Waals surface area contributed by atoms with Crippen molar-refractivity contribution in [2.24, 2.45) is 0 Å². The molecule has 0 aliphatic carbocycles. The van der Waals surface area contributed by atoms with E-state index in [9.17, 15) is 0 Å². The Kier molecular flexibility index (Phi) is 2.00. The van der Waals surface area contributed by atoms with Crippen molar-refractivity contribution in [3.8, 4) is 0 Å². The van der Waals surface area contributed by atoms with Gasteiger partial charge >= 0.3 is 0 Å². The number of rotatable bonds is 2. The molecule has 1 heterocycles. The molecule has 0 spiro atoms. The summed E-state index contributed by atoms with van der Waals surface area (Å²) < 4.78 is 0. The van der Waals surface area contributed by atoms with Crippen LogP contribution in [-0.4, -0.2) is 16.2 Å². The highest BCUT2D eigenvalue weighted by molar-refractivity contribution is 7.97. The van der Waals surface area contributed by atoms with Gasteiger partial charge in [0.2, 0.25) is 0 Å². The Morgan fingerprint density at radius 3 is 3.11 bits per heavy atom. The molecule has 1 rings (SSSR count). The first-order valence-electron chi connectivity index (χ1n) is 2.61. The van der Waals surface area contributed by atoms with Gasteiger partial charge in [-0.05, 0) is 6.26 Å². The summed E-state index contributed by atoms with van der Waals surface area (Å²) in [7, 11) is 0. The van der Waals surface area contributed by atoms with Crippen LogP contribution in [0.1, 0.15) is 5.69 Å². The molecule has 0 fully saturated rings. The molecule has 1 aromatic rings. The van der Waals surface area contributed by atoms with Crippen LogP contribution in [0, 0.1) is 0 Å². The van der Waals surface area contributed by atoms with Crippen molar-refractivity contribution in [2.45, 2.75) is 5.75 Å². The quantitative estimate of drug-likeness (QED) is 0.645. The monoisotopic (exact) mass is 143 g/mol. The number of nitrogens with two attached hydrogens (primary N) is 1. The maximum Gasteiger partial charge on any atom is 0.197 e. The summed E-state index contributed by atoms with van der Waals surface area (Å²) in [6, 6.07) is 0. The number of hydrogen-bond donors (Lipinski definition) is 2. The molecule has 0 saturated heterocycles. The van der Waals surface area contributed by atoms with Crippen LogP contribution in [0.2, 0.25) is 0 Å². The van der Waals surface area contributed by atoms with Crippen molar-refractivity contribution in [1.29, 1.82) is 0 Å². The molecule has 0 radical (unpaired) electrons. The predicted molar refractivity (Wildman–Crippen MR) is 40.2 cm³/mol. The van der Waals surface area contributed by atoms with Crippen LogP contribution in [0.25, 0.3) is 0 Å². The summed E-state index contributed by atoms with van der Waals surface area (Å²) in [5, 5.41) is 0. The fraction of sp³-hybridized carbons (Fsp3) is 0.400. The van der Waals surface area contributed by atoms with E-state index in [1.807, 2.05) is 6.26 Å². The highest BCUT2D eigenvalue weighted by Crippen LogP contribution is 2.05. The maximum atomic E-state index is 5.33. The van der Waals surface area contributed by atoms with Crippen LogP contribution in [0.15, 0.2) is 6.20 Å². The average Bonchev–Trinajstić information content (AvgIpc) is 2.17. The summed E-state index contributed by atoms with van der Waals surface area (Å²) in [6.45, 7) is 0. The average molecular weight is 143 g/mol. The predicted octanol–water partition coefficient (Wildman–Crippen LogP) is 0.855. The van der Waals surface area contributed by atoms with E-state index in [1.165, 1.54) is 0 Å². The standard InChI is InChI=1S/C5H9N3S/c1-9-3-4-2-7-5(6)8-4/h2H,3H2,1H3,(H3,6,7,8). The number of H-pyrrole nitrogens is 1. The van der Waals surface area contributed by atoms with Gasteiger partial charge < -0.3 is 10.7 Å². The molecule has 1 aromatic heterocycles. The SMILES string of the molecule is CSCc1cnc(N)[nH]1. The Labute approximate surface area is 58.1 Å². The second-order valence-corrected chi connectivity index (χ2v) is 2.59. The first-order valence-corrected chi connectivity index (χ1v) is 4.00. The fourth-order valence-corrected chi connectivity index (χ4v) is 1.06. The van der Waals surface area contributed by atoms with Crippen molar-refractivity contribution in [2.75, 3.05) is 12.0 Å². The largest absolute Gasteiger partial charge is 0.369 e. The Bertz CT molecular complexity index is 184. The number of anilines is 1. The lowest BCUT2D eigenvalue weighted by Crippen LogP contribution is -1.86. The minimum atomic E-state index is 0.499. The van der Waals surface area contributed by atoms with Crippen LogP contribution < -0.4 is 5.73 Å². The zero-order chi connectivity index (χ0) is 6.69. The summed E-state index contributed by atoms with van der Waals surface area (Å²) in [5.74, 6) is 1.45. The van der Waals surface area contributed by atoms with Crippen LogP contribution in [0.3, 0.4) is 0 Å². The van der Waals surface area contributed by atoms with Gasteiger partial charge in [0, 0.05) is 11.4 Å². The van der Waals surface area contributed by atoms with E-state index in [0.717, 1.165) is 11.4 Å². The van der Waals surface area contributed by atoms with E-state index < -0.39 is 0 Å². The number of nitrogen functional groups attached to an aromatic ring is 1. The smallest absolute Gasteiger partial charge is 0.197 e. The van der Waals surface area contributed by atoms with Crippen molar-refractivity contribution in [3.05, 3.63) is 11.9 Å². The minimum absolute atomic E-state index is 0.499. The second-order valence-electron chi connectivity index (χ2n) is 1.73. The van der Waals surface area contributed by atoms with Gasteiger partial charge in [-0.25, -0.2) is 4.98 Å². The first-order chi connectivity index (χ1) is 4.33. The van der Waals surface area contributed by atoms with Gasteiger partial charge in [0.25, 0.3) is 0 Å². The summed E-state index contributed by atoms with van der Waals surface area (Å²) in [4.78, 5) is 6.77. The van der Waals surface area contributed by atoms with E-state index in [1.54, 1.807) is 18.0 Å². The summed E-state index contributed by atoms with van der Waals surface area (Å²) in [6.07, 6.45) is 3.79. The van der Waals surface area contributed by atoms with Gasteiger partial charge in [-0.1, -0.05) is 0 Å². The third kappa shape index (κ3) is 1.64. The molecule has 50 valence electrons. The zero-order valence-corrected chi connectivity index (χ0v) is 6.03. The Balaban J connectivity index is 2.61. The van der Waals surface area contributed by atoms with E-state index in [2.05, 4.69) is 9.97 Å². The normalized spacial score (nSPS) is 9.89. The highest BCUT2D eigenvalue weighted by atomic mass is 32.2. The van der Waals surface area contributed by atoms with Gasteiger partial charge in [0.1, 0.15) is 0 Å². The zero-order valence-electron chi connectivity index (χ0n) is 5.22. The summed E-state index contributed by atoms with van der Waals surface area (Å²) >= 11 is 1.74. The van der Waals surface area contributed by atoms with Gasteiger partial charge in [-0.3, -0.25) is 0 Å². The van der Waals surface area contributed by atoms with Gasteiger partial charge in [0.15, 0.2) is 5.95 Å². The molecule has 0 atom stereocenters. The number of imidazole rings is 1. The lowest BCUT2D eigenvalue weighted by molar-refractivity contribution is 1.24. The molecule has 0 bridgehead atoms. The van der Waals surface area contributed by atoms with Crippen LogP contribution in [0.5, 0.6) is 0 Å². The number of aromatic nitrogens is 2. The Morgan fingerprint density at radius 1 is 1.89 bits per heavy atom. The molecule has 0 saturated carbocycles.